The summed E-state index contributed by atoms with van der Waals surface area (Å²) in [7, 11) is -0.902. The van der Waals surface area contributed by atoms with Gasteiger partial charge in [0.1, 0.15) is 6.61 Å². The molecule has 0 radical (unpaired) electrons. The van der Waals surface area contributed by atoms with Gasteiger partial charge in [0.2, 0.25) is 5.91 Å². The van der Waals surface area contributed by atoms with Crippen molar-refractivity contribution in [2.45, 2.75) is 31.0 Å². The fourth-order valence-corrected chi connectivity index (χ4v) is 4.22. The molecule has 0 aromatic heterocycles. The predicted molar refractivity (Wildman–Crippen MR) is 109 cm³/mol. The van der Waals surface area contributed by atoms with E-state index in [2.05, 4.69) is 0 Å². The minimum absolute atomic E-state index is 0.0200. The molecule has 1 fully saturated rings. The van der Waals surface area contributed by atoms with Gasteiger partial charge in [-0.15, -0.1) is 0 Å². The van der Waals surface area contributed by atoms with Crippen LogP contribution in [0.4, 0.5) is 0 Å². The highest BCUT2D eigenvalue weighted by molar-refractivity contribution is 7.89. The third kappa shape index (κ3) is 6.81. The Morgan fingerprint density at radius 1 is 1.17 bits per heavy atom. The van der Waals surface area contributed by atoms with E-state index >= 15 is 0 Å². The van der Waals surface area contributed by atoms with Gasteiger partial charge in [0.05, 0.1) is 18.0 Å². The molecule has 1 saturated heterocycles. The Balaban J connectivity index is 2.02. The molecular formula is C20H30N2O6S. The Morgan fingerprint density at radius 3 is 2.38 bits per heavy atom. The molecule has 0 aliphatic carbocycles. The Labute approximate surface area is 173 Å². The molecule has 1 aromatic rings. The van der Waals surface area contributed by atoms with Crippen molar-refractivity contribution in [3.8, 4) is 0 Å². The zero-order valence-electron chi connectivity index (χ0n) is 17.2. The number of aryl methyl sites for hydroxylation is 1. The molecule has 9 heteroatoms. The number of benzene rings is 1. The van der Waals surface area contributed by atoms with Gasteiger partial charge in [-0.25, -0.2) is 8.42 Å². The second-order valence-electron chi connectivity index (χ2n) is 6.78. The fourth-order valence-electron chi connectivity index (χ4n) is 2.91. The van der Waals surface area contributed by atoms with Crippen molar-refractivity contribution in [2.75, 3.05) is 47.1 Å². The highest BCUT2D eigenvalue weighted by Gasteiger charge is 2.24. The lowest BCUT2D eigenvalue weighted by Crippen LogP contribution is -2.35. The molecule has 1 aliphatic heterocycles. The summed E-state index contributed by atoms with van der Waals surface area (Å²) < 4.78 is 42.9. The van der Waals surface area contributed by atoms with Gasteiger partial charge in [0.15, 0.2) is 6.29 Å². The van der Waals surface area contributed by atoms with Crippen LogP contribution in [-0.2, 0) is 29.0 Å². The predicted octanol–water partition coefficient (Wildman–Crippen LogP) is 1.76. The number of carbonyl (C=O) groups excluding carboxylic acids is 1. The zero-order chi connectivity index (χ0) is 21.3. The minimum Gasteiger partial charge on any atom is -0.368 e. The second-order valence-corrected chi connectivity index (χ2v) is 8.67. The lowest BCUT2D eigenvalue weighted by atomic mass is 10.2. The third-order valence-electron chi connectivity index (χ3n) is 4.65. The van der Waals surface area contributed by atoms with Crippen LogP contribution in [0, 0.1) is 6.92 Å². The van der Waals surface area contributed by atoms with Crippen molar-refractivity contribution < 1.29 is 27.4 Å². The quantitative estimate of drug-likeness (QED) is 0.396. The molecule has 0 spiro atoms. The van der Waals surface area contributed by atoms with E-state index in [1.807, 2.05) is 6.92 Å². The normalized spacial score (nSPS) is 14.8. The van der Waals surface area contributed by atoms with Gasteiger partial charge in [-0.05, 0) is 38.0 Å². The van der Waals surface area contributed by atoms with Gasteiger partial charge < -0.3 is 19.1 Å². The van der Waals surface area contributed by atoms with Crippen molar-refractivity contribution in [1.29, 1.82) is 0 Å². The molecule has 2 rings (SSSR count). The molecule has 1 aromatic carbocycles. The summed E-state index contributed by atoms with van der Waals surface area (Å²) in [4.78, 5) is 13.9. The Bertz CT molecular complexity index is 769. The molecule has 0 N–H and O–H groups in total. The summed E-state index contributed by atoms with van der Waals surface area (Å²) in [5.41, 5.74) is 0.966. The lowest BCUT2D eigenvalue weighted by Gasteiger charge is -2.24. The van der Waals surface area contributed by atoms with Crippen LogP contribution in [0.5, 0.6) is 0 Å². The monoisotopic (exact) mass is 426 g/mol. The number of carbonyl (C=O) groups is 1. The highest BCUT2D eigenvalue weighted by atomic mass is 32.2. The molecule has 1 aliphatic rings. The number of nitrogens with zero attached hydrogens (tertiary/aromatic N) is 2. The molecule has 8 nitrogen and oxygen atoms in total. The van der Waals surface area contributed by atoms with Gasteiger partial charge in [-0.3, -0.25) is 9.10 Å². The number of likely N-dealkylation sites (tertiary alicyclic amines) is 1. The SMILES string of the molecule is COC(CN(/C=C/COCC(=O)N1CCCC1)S(=O)(=O)c1ccc(C)cc1)OC. The van der Waals surface area contributed by atoms with Crippen LogP contribution < -0.4 is 0 Å². The standard InChI is InChI=1S/C20H30N2O6S/c1-17-7-9-18(10-8-17)29(24,25)22(15-20(26-2)27-3)13-6-14-28-16-19(23)21-11-4-5-12-21/h6-10,13,20H,4-5,11-12,14-16H2,1-3H3/b13-6+. The number of hydrogen-bond acceptors (Lipinski definition) is 6. The van der Waals surface area contributed by atoms with E-state index in [1.165, 1.54) is 20.4 Å². The number of rotatable bonds is 11. The molecular weight excluding hydrogens is 396 g/mol. The number of ether oxygens (including phenoxy) is 3. The van der Waals surface area contributed by atoms with Crippen molar-refractivity contribution in [1.82, 2.24) is 9.21 Å². The Kier molecular flexibility index (Phi) is 9.09. The van der Waals surface area contributed by atoms with Crippen LogP contribution in [0.15, 0.2) is 41.4 Å². The molecule has 1 amide bonds. The topological polar surface area (TPSA) is 85.4 Å². The van der Waals surface area contributed by atoms with E-state index in [9.17, 15) is 13.2 Å². The van der Waals surface area contributed by atoms with Crippen molar-refractivity contribution >= 4 is 15.9 Å². The van der Waals surface area contributed by atoms with Crippen LogP contribution in [-0.4, -0.2) is 76.9 Å². The average Bonchev–Trinajstić information content (AvgIpc) is 3.25. The molecule has 0 atom stereocenters. The Morgan fingerprint density at radius 2 is 1.79 bits per heavy atom. The first-order valence-corrected chi connectivity index (χ1v) is 11.0. The largest absolute Gasteiger partial charge is 0.368 e. The third-order valence-corrected chi connectivity index (χ3v) is 6.41. The summed E-state index contributed by atoms with van der Waals surface area (Å²) in [6.45, 7) is 3.51. The van der Waals surface area contributed by atoms with Crippen LogP contribution in [0.1, 0.15) is 18.4 Å². The molecule has 1 heterocycles. The van der Waals surface area contributed by atoms with Gasteiger partial charge >= 0.3 is 0 Å². The van der Waals surface area contributed by atoms with E-state index in [1.54, 1.807) is 35.2 Å². The maximum absolute atomic E-state index is 13.0. The van der Waals surface area contributed by atoms with E-state index in [4.69, 9.17) is 14.2 Å². The van der Waals surface area contributed by atoms with Crippen LogP contribution in [0.25, 0.3) is 0 Å². The first-order chi connectivity index (χ1) is 13.9. The Hall–Kier alpha value is -1.94. The van der Waals surface area contributed by atoms with Gasteiger partial charge in [-0.2, -0.15) is 0 Å². The summed E-state index contributed by atoms with van der Waals surface area (Å²) in [6.07, 6.45) is 4.30. The highest BCUT2D eigenvalue weighted by Crippen LogP contribution is 2.18. The summed E-state index contributed by atoms with van der Waals surface area (Å²) in [5.74, 6) is -0.0427. The minimum atomic E-state index is -3.79. The van der Waals surface area contributed by atoms with Gasteiger partial charge in [0, 0.05) is 33.5 Å². The van der Waals surface area contributed by atoms with Crippen LogP contribution >= 0.6 is 0 Å². The first kappa shape index (κ1) is 23.3. The average molecular weight is 427 g/mol. The van der Waals surface area contributed by atoms with Crippen molar-refractivity contribution in [3.05, 3.63) is 42.1 Å². The zero-order valence-corrected chi connectivity index (χ0v) is 18.1. The summed E-state index contributed by atoms with van der Waals surface area (Å²) in [6, 6.07) is 6.61. The van der Waals surface area contributed by atoms with Crippen LogP contribution in [0.3, 0.4) is 0 Å². The number of hydrogen-bond donors (Lipinski definition) is 0. The van der Waals surface area contributed by atoms with Crippen molar-refractivity contribution in [3.63, 3.8) is 0 Å². The molecule has 162 valence electrons. The maximum atomic E-state index is 13.0. The summed E-state index contributed by atoms with van der Waals surface area (Å²) in [5, 5.41) is 0. The maximum Gasteiger partial charge on any atom is 0.263 e. The van der Waals surface area contributed by atoms with E-state index in [0.29, 0.717) is 0 Å². The molecule has 0 saturated carbocycles. The lowest BCUT2D eigenvalue weighted by molar-refractivity contribution is -0.134. The van der Waals surface area contributed by atoms with Crippen LogP contribution in [0.2, 0.25) is 0 Å². The fraction of sp³-hybridized carbons (Fsp3) is 0.550. The molecule has 0 bridgehead atoms. The number of sulfonamides is 1. The van der Waals surface area contributed by atoms with E-state index in [0.717, 1.165) is 35.8 Å². The van der Waals surface area contributed by atoms with Gasteiger partial charge in [0.25, 0.3) is 10.0 Å². The molecule has 29 heavy (non-hydrogen) atoms. The first-order valence-electron chi connectivity index (χ1n) is 9.54. The summed E-state index contributed by atoms with van der Waals surface area (Å²) >= 11 is 0. The smallest absolute Gasteiger partial charge is 0.263 e. The van der Waals surface area contributed by atoms with Crippen molar-refractivity contribution in [2.24, 2.45) is 0 Å². The molecule has 0 unspecified atom stereocenters. The number of amides is 1. The second kappa shape index (κ2) is 11.3. The van der Waals surface area contributed by atoms with Gasteiger partial charge in [-0.1, -0.05) is 17.7 Å². The number of methoxy groups -OCH3 is 2. The van der Waals surface area contributed by atoms with E-state index in [-0.39, 0.29) is 30.6 Å². The van der Waals surface area contributed by atoms with E-state index < -0.39 is 16.3 Å².